The van der Waals surface area contributed by atoms with Crippen molar-refractivity contribution in [1.82, 2.24) is 5.32 Å². The second-order valence-electron chi connectivity index (χ2n) is 4.61. The van der Waals surface area contributed by atoms with Gasteiger partial charge in [0.1, 0.15) is 0 Å². The lowest BCUT2D eigenvalue weighted by Crippen LogP contribution is -2.34. The van der Waals surface area contributed by atoms with Gasteiger partial charge < -0.3 is 19.9 Å². The molecule has 0 heterocycles. The van der Waals surface area contributed by atoms with Crippen LogP contribution in [0.1, 0.15) is 27.2 Å². The molecule has 1 unspecified atom stereocenters. The Hall–Kier alpha value is -0.650. The zero-order valence-corrected chi connectivity index (χ0v) is 10.6. The second kappa shape index (κ2) is 7.60. The van der Waals surface area contributed by atoms with Crippen LogP contribution in [0.3, 0.4) is 0 Å². The molecule has 0 radical (unpaired) electrons. The first kappa shape index (κ1) is 15.3. The van der Waals surface area contributed by atoms with Gasteiger partial charge in [-0.1, -0.05) is 0 Å². The normalized spacial score (nSPS) is 13.6. The Bertz CT molecular complexity index is 201. The molecular weight excluding hydrogens is 210 g/mol. The van der Waals surface area contributed by atoms with Crippen LogP contribution in [-0.2, 0) is 14.3 Å². The summed E-state index contributed by atoms with van der Waals surface area (Å²) in [6.07, 6.45) is -0.250. The van der Waals surface area contributed by atoms with Crippen molar-refractivity contribution in [2.75, 3.05) is 26.8 Å². The van der Waals surface area contributed by atoms with E-state index in [4.69, 9.17) is 4.74 Å². The molecule has 2 N–H and O–H groups in total. The fourth-order valence-corrected chi connectivity index (χ4v) is 0.966. The highest BCUT2D eigenvalue weighted by molar-refractivity contribution is 5.69. The standard InChI is InChI=1S/C11H23NO4/c1-11(2,3)16-8-9(13)7-12-6-5-10(14)15-4/h9,12-13H,5-8H2,1-4H3. The van der Waals surface area contributed by atoms with Gasteiger partial charge in [0.05, 0.1) is 31.8 Å². The van der Waals surface area contributed by atoms with Crippen LogP contribution in [0.4, 0.5) is 0 Å². The Kier molecular flexibility index (Phi) is 7.29. The van der Waals surface area contributed by atoms with Gasteiger partial charge in [-0.15, -0.1) is 0 Å². The summed E-state index contributed by atoms with van der Waals surface area (Å²) in [4.78, 5) is 10.8. The van der Waals surface area contributed by atoms with Gasteiger partial charge in [0.25, 0.3) is 0 Å². The van der Waals surface area contributed by atoms with Gasteiger partial charge >= 0.3 is 5.97 Å². The number of nitrogens with one attached hydrogen (secondary N) is 1. The zero-order valence-electron chi connectivity index (χ0n) is 10.6. The van der Waals surface area contributed by atoms with Gasteiger partial charge in [-0.25, -0.2) is 0 Å². The number of aliphatic hydroxyl groups is 1. The predicted octanol–water partition coefficient (Wildman–Crippen LogP) is 0.315. The molecule has 0 aliphatic carbocycles. The molecule has 1 atom stereocenters. The Balaban J connectivity index is 3.44. The van der Waals surface area contributed by atoms with Crippen LogP contribution in [0.25, 0.3) is 0 Å². The minimum atomic E-state index is -0.558. The molecule has 5 nitrogen and oxygen atoms in total. The Morgan fingerprint density at radius 3 is 2.56 bits per heavy atom. The Labute approximate surface area is 97.1 Å². The summed E-state index contributed by atoms with van der Waals surface area (Å²) in [6.45, 7) is 7.00. The van der Waals surface area contributed by atoms with E-state index >= 15 is 0 Å². The molecule has 0 aliphatic heterocycles. The quantitative estimate of drug-likeness (QED) is 0.489. The van der Waals surface area contributed by atoms with Gasteiger partial charge in [0.15, 0.2) is 0 Å². The molecule has 0 rings (SSSR count). The molecule has 5 heteroatoms. The number of aliphatic hydroxyl groups excluding tert-OH is 1. The van der Waals surface area contributed by atoms with Crippen molar-refractivity contribution in [3.05, 3.63) is 0 Å². The zero-order chi connectivity index (χ0) is 12.6. The van der Waals surface area contributed by atoms with Crippen molar-refractivity contribution in [2.45, 2.75) is 38.9 Å². The van der Waals surface area contributed by atoms with E-state index in [1.54, 1.807) is 0 Å². The summed E-state index contributed by atoms with van der Waals surface area (Å²) in [6, 6.07) is 0. The number of rotatable bonds is 7. The third kappa shape index (κ3) is 9.89. The summed E-state index contributed by atoms with van der Waals surface area (Å²) in [5, 5.41) is 12.5. The summed E-state index contributed by atoms with van der Waals surface area (Å²) < 4.78 is 9.89. The van der Waals surface area contributed by atoms with E-state index < -0.39 is 6.10 Å². The van der Waals surface area contributed by atoms with E-state index in [1.165, 1.54) is 7.11 Å². The van der Waals surface area contributed by atoms with Crippen LogP contribution in [0.5, 0.6) is 0 Å². The van der Waals surface area contributed by atoms with Gasteiger partial charge in [0, 0.05) is 13.1 Å². The van der Waals surface area contributed by atoms with E-state index in [0.717, 1.165) is 0 Å². The van der Waals surface area contributed by atoms with Crippen molar-refractivity contribution in [3.8, 4) is 0 Å². The molecule has 0 amide bonds. The molecule has 0 saturated carbocycles. The fourth-order valence-electron chi connectivity index (χ4n) is 0.966. The van der Waals surface area contributed by atoms with Gasteiger partial charge in [-0.3, -0.25) is 4.79 Å². The molecule has 96 valence electrons. The number of hydrogen-bond acceptors (Lipinski definition) is 5. The largest absolute Gasteiger partial charge is 0.469 e. The Morgan fingerprint density at radius 1 is 1.44 bits per heavy atom. The topological polar surface area (TPSA) is 67.8 Å². The monoisotopic (exact) mass is 233 g/mol. The minimum absolute atomic E-state index is 0.243. The molecular formula is C11H23NO4. The molecule has 0 aromatic rings. The van der Waals surface area contributed by atoms with Crippen molar-refractivity contribution in [2.24, 2.45) is 0 Å². The summed E-state index contributed by atoms with van der Waals surface area (Å²) in [5.74, 6) is -0.257. The van der Waals surface area contributed by atoms with Crippen LogP contribution < -0.4 is 5.32 Å². The number of carbonyl (C=O) groups is 1. The maximum Gasteiger partial charge on any atom is 0.306 e. The van der Waals surface area contributed by atoms with E-state index in [0.29, 0.717) is 19.5 Å². The van der Waals surface area contributed by atoms with Crippen molar-refractivity contribution in [1.29, 1.82) is 0 Å². The molecule has 0 aromatic carbocycles. The highest BCUT2D eigenvalue weighted by atomic mass is 16.5. The third-order valence-electron chi connectivity index (χ3n) is 1.82. The molecule has 0 aromatic heterocycles. The lowest BCUT2D eigenvalue weighted by molar-refractivity contribution is -0.140. The van der Waals surface area contributed by atoms with Crippen molar-refractivity contribution in [3.63, 3.8) is 0 Å². The number of esters is 1. The van der Waals surface area contributed by atoms with E-state index in [-0.39, 0.29) is 18.2 Å². The predicted molar refractivity (Wildman–Crippen MR) is 61.2 cm³/mol. The van der Waals surface area contributed by atoms with Gasteiger partial charge in [0.2, 0.25) is 0 Å². The maximum atomic E-state index is 10.8. The second-order valence-corrected chi connectivity index (χ2v) is 4.61. The summed E-state index contributed by atoms with van der Waals surface area (Å²) >= 11 is 0. The van der Waals surface area contributed by atoms with Crippen molar-refractivity contribution < 1.29 is 19.4 Å². The first-order valence-corrected chi connectivity index (χ1v) is 5.44. The minimum Gasteiger partial charge on any atom is -0.469 e. The Morgan fingerprint density at radius 2 is 2.06 bits per heavy atom. The maximum absolute atomic E-state index is 10.8. The number of methoxy groups -OCH3 is 1. The highest BCUT2D eigenvalue weighted by Gasteiger charge is 2.13. The first-order valence-electron chi connectivity index (χ1n) is 5.44. The third-order valence-corrected chi connectivity index (χ3v) is 1.82. The molecule has 16 heavy (non-hydrogen) atoms. The van der Waals surface area contributed by atoms with E-state index in [2.05, 4.69) is 10.1 Å². The average molecular weight is 233 g/mol. The van der Waals surface area contributed by atoms with Crippen molar-refractivity contribution >= 4 is 5.97 Å². The smallest absolute Gasteiger partial charge is 0.306 e. The summed E-state index contributed by atoms with van der Waals surface area (Å²) in [7, 11) is 1.36. The van der Waals surface area contributed by atoms with Gasteiger partial charge in [-0.05, 0) is 20.8 Å². The molecule has 0 bridgehead atoms. The van der Waals surface area contributed by atoms with E-state index in [9.17, 15) is 9.90 Å². The lowest BCUT2D eigenvalue weighted by atomic mass is 10.2. The molecule has 0 spiro atoms. The molecule has 0 aliphatic rings. The number of ether oxygens (including phenoxy) is 2. The van der Waals surface area contributed by atoms with Crippen LogP contribution in [0.2, 0.25) is 0 Å². The number of hydrogen-bond donors (Lipinski definition) is 2. The number of carbonyl (C=O) groups excluding carboxylic acids is 1. The highest BCUT2D eigenvalue weighted by Crippen LogP contribution is 2.06. The fraction of sp³-hybridized carbons (Fsp3) is 0.909. The first-order chi connectivity index (χ1) is 7.35. The SMILES string of the molecule is COC(=O)CCNCC(O)COC(C)(C)C. The molecule has 0 saturated heterocycles. The van der Waals surface area contributed by atoms with Crippen LogP contribution in [-0.4, -0.2) is 49.6 Å². The lowest BCUT2D eigenvalue weighted by Gasteiger charge is -2.22. The van der Waals surface area contributed by atoms with E-state index in [1.807, 2.05) is 20.8 Å². The van der Waals surface area contributed by atoms with Crippen LogP contribution in [0.15, 0.2) is 0 Å². The van der Waals surface area contributed by atoms with Crippen LogP contribution in [0, 0.1) is 0 Å². The molecule has 0 fully saturated rings. The van der Waals surface area contributed by atoms with Gasteiger partial charge in [-0.2, -0.15) is 0 Å². The van der Waals surface area contributed by atoms with Crippen LogP contribution >= 0.6 is 0 Å². The summed E-state index contributed by atoms with van der Waals surface area (Å²) in [5.41, 5.74) is -0.243. The average Bonchev–Trinajstić information content (AvgIpc) is 2.20.